The van der Waals surface area contributed by atoms with Crippen LogP contribution >= 0.6 is 0 Å². The molecule has 0 spiro atoms. The molecule has 112 valence electrons. The van der Waals surface area contributed by atoms with Crippen LogP contribution in [0.15, 0.2) is 24.3 Å². The van der Waals surface area contributed by atoms with Gasteiger partial charge in [0.15, 0.2) is 0 Å². The molecule has 0 radical (unpaired) electrons. The first-order chi connectivity index (χ1) is 9.96. The number of hydrogen-bond donors (Lipinski definition) is 4. The van der Waals surface area contributed by atoms with Crippen LogP contribution in [0.25, 0.3) is 0 Å². The van der Waals surface area contributed by atoms with Crippen molar-refractivity contribution in [3.05, 3.63) is 57.6 Å². The van der Waals surface area contributed by atoms with Crippen molar-refractivity contribution in [3.63, 3.8) is 0 Å². The Morgan fingerprint density at radius 1 is 0.667 bits per heavy atom. The van der Waals surface area contributed by atoms with E-state index in [2.05, 4.69) is 0 Å². The van der Waals surface area contributed by atoms with Gasteiger partial charge in [-0.2, -0.15) is 0 Å². The average Bonchev–Trinajstić information content (AvgIpc) is 2.45. The van der Waals surface area contributed by atoms with E-state index < -0.39 is 0 Å². The Bertz CT molecular complexity index is 605. The van der Waals surface area contributed by atoms with E-state index in [0.29, 0.717) is 28.7 Å². The van der Waals surface area contributed by atoms with Crippen molar-refractivity contribution in [2.24, 2.45) is 0 Å². The average molecular weight is 288 g/mol. The number of aliphatic hydroxyl groups excluding tert-OH is 2. The summed E-state index contributed by atoms with van der Waals surface area (Å²) in [6, 6.07) is 7.12. The van der Waals surface area contributed by atoms with Crippen molar-refractivity contribution in [1.82, 2.24) is 0 Å². The molecular formula is C17H20O4. The molecule has 0 heterocycles. The molecule has 2 rings (SSSR count). The van der Waals surface area contributed by atoms with E-state index in [4.69, 9.17) is 0 Å². The Morgan fingerprint density at radius 2 is 1.00 bits per heavy atom. The molecule has 4 nitrogen and oxygen atoms in total. The molecule has 0 unspecified atom stereocenters. The molecule has 0 saturated carbocycles. The fraction of sp³-hybridized carbons (Fsp3) is 0.294. The molecule has 2 aromatic carbocycles. The minimum atomic E-state index is -0.234. The summed E-state index contributed by atoms with van der Waals surface area (Å²) in [5.74, 6) is 0.101. The molecular weight excluding hydrogens is 268 g/mol. The molecule has 0 saturated heterocycles. The summed E-state index contributed by atoms with van der Waals surface area (Å²) in [6.07, 6.45) is 0.334. The van der Waals surface area contributed by atoms with Gasteiger partial charge in [0.2, 0.25) is 0 Å². The van der Waals surface area contributed by atoms with Gasteiger partial charge in [0.05, 0.1) is 13.2 Å². The summed E-state index contributed by atoms with van der Waals surface area (Å²) in [4.78, 5) is 0. The van der Waals surface area contributed by atoms with Gasteiger partial charge in [0.25, 0.3) is 0 Å². The molecule has 0 atom stereocenters. The molecule has 21 heavy (non-hydrogen) atoms. The van der Waals surface area contributed by atoms with Crippen molar-refractivity contribution in [2.75, 3.05) is 0 Å². The Balaban J connectivity index is 2.48. The molecule has 0 aliphatic heterocycles. The third-order valence-corrected chi connectivity index (χ3v) is 3.55. The zero-order valence-electron chi connectivity index (χ0n) is 12.2. The largest absolute Gasteiger partial charge is 0.507 e. The highest BCUT2D eigenvalue weighted by atomic mass is 16.3. The molecule has 0 bridgehead atoms. The first-order valence-electron chi connectivity index (χ1n) is 6.80. The first kappa shape index (κ1) is 15.4. The van der Waals surface area contributed by atoms with Gasteiger partial charge in [-0.05, 0) is 25.0 Å². The van der Waals surface area contributed by atoms with E-state index >= 15 is 0 Å². The summed E-state index contributed by atoms with van der Waals surface area (Å²) in [5, 5.41) is 38.9. The molecule has 0 aliphatic carbocycles. The van der Waals surface area contributed by atoms with E-state index in [1.165, 1.54) is 0 Å². The zero-order chi connectivity index (χ0) is 15.6. The van der Waals surface area contributed by atoms with E-state index in [1.807, 2.05) is 26.0 Å². The lowest BCUT2D eigenvalue weighted by atomic mass is 9.96. The van der Waals surface area contributed by atoms with Crippen LogP contribution in [-0.4, -0.2) is 20.4 Å². The van der Waals surface area contributed by atoms with Gasteiger partial charge in [-0.25, -0.2) is 0 Å². The number of rotatable bonds is 4. The van der Waals surface area contributed by atoms with Gasteiger partial charge >= 0.3 is 0 Å². The molecule has 0 fully saturated rings. The van der Waals surface area contributed by atoms with Crippen molar-refractivity contribution in [3.8, 4) is 11.5 Å². The van der Waals surface area contributed by atoms with Crippen LogP contribution in [0, 0.1) is 13.8 Å². The number of hydrogen-bond acceptors (Lipinski definition) is 4. The Hall–Kier alpha value is -2.04. The second-order valence-corrected chi connectivity index (χ2v) is 5.36. The standard InChI is InChI=1S/C17H20O4/c1-10-3-12(16(20)14(5-10)8-18)7-13-4-11(2)6-15(9-19)17(13)21/h3-6,18-21H,7-9H2,1-2H3. The van der Waals surface area contributed by atoms with Crippen molar-refractivity contribution >= 4 is 0 Å². The van der Waals surface area contributed by atoms with Crippen LogP contribution in [0.4, 0.5) is 0 Å². The van der Waals surface area contributed by atoms with Gasteiger partial charge in [0.1, 0.15) is 11.5 Å². The zero-order valence-corrected chi connectivity index (χ0v) is 12.2. The smallest absolute Gasteiger partial charge is 0.124 e. The lowest BCUT2D eigenvalue weighted by Crippen LogP contribution is -1.98. The summed E-state index contributed by atoms with van der Waals surface area (Å²) >= 11 is 0. The minimum Gasteiger partial charge on any atom is -0.507 e. The second-order valence-electron chi connectivity index (χ2n) is 5.36. The number of aryl methyl sites for hydroxylation is 2. The van der Waals surface area contributed by atoms with Gasteiger partial charge in [0, 0.05) is 17.5 Å². The monoisotopic (exact) mass is 288 g/mol. The molecule has 0 amide bonds. The lowest BCUT2D eigenvalue weighted by Gasteiger charge is -2.13. The van der Waals surface area contributed by atoms with Crippen LogP contribution in [0.3, 0.4) is 0 Å². The van der Waals surface area contributed by atoms with Gasteiger partial charge in [-0.1, -0.05) is 35.4 Å². The SMILES string of the molecule is Cc1cc(CO)c(O)c(Cc2cc(C)cc(CO)c2O)c1. The third kappa shape index (κ3) is 3.17. The van der Waals surface area contributed by atoms with Crippen molar-refractivity contribution in [1.29, 1.82) is 0 Å². The topological polar surface area (TPSA) is 80.9 Å². The molecule has 2 aromatic rings. The van der Waals surface area contributed by atoms with E-state index in [9.17, 15) is 20.4 Å². The number of aromatic hydroxyl groups is 2. The van der Waals surface area contributed by atoms with Crippen molar-refractivity contribution < 1.29 is 20.4 Å². The maximum Gasteiger partial charge on any atom is 0.124 e. The molecule has 0 aromatic heterocycles. The summed E-state index contributed by atoms with van der Waals surface area (Å²) in [7, 11) is 0. The lowest BCUT2D eigenvalue weighted by molar-refractivity contribution is 0.275. The van der Waals surface area contributed by atoms with Crippen LogP contribution in [-0.2, 0) is 19.6 Å². The third-order valence-electron chi connectivity index (χ3n) is 3.55. The van der Waals surface area contributed by atoms with Crippen LogP contribution in [0.1, 0.15) is 33.4 Å². The fourth-order valence-electron chi connectivity index (χ4n) is 2.58. The fourth-order valence-corrected chi connectivity index (χ4v) is 2.58. The van der Waals surface area contributed by atoms with Crippen LogP contribution < -0.4 is 0 Å². The van der Waals surface area contributed by atoms with Gasteiger partial charge in [-0.3, -0.25) is 0 Å². The van der Waals surface area contributed by atoms with Crippen molar-refractivity contribution in [2.45, 2.75) is 33.5 Å². The summed E-state index contributed by atoms with van der Waals surface area (Å²) in [5.41, 5.74) is 4.09. The number of phenols is 2. The highest BCUT2D eigenvalue weighted by Crippen LogP contribution is 2.31. The summed E-state index contributed by atoms with van der Waals surface area (Å²) in [6.45, 7) is 3.30. The molecule has 0 aliphatic rings. The van der Waals surface area contributed by atoms with E-state index in [1.54, 1.807) is 12.1 Å². The normalized spacial score (nSPS) is 10.9. The quantitative estimate of drug-likeness (QED) is 0.696. The van der Waals surface area contributed by atoms with Gasteiger partial charge < -0.3 is 20.4 Å². The predicted molar refractivity (Wildman–Crippen MR) is 80.3 cm³/mol. The Labute approximate surface area is 123 Å². The highest BCUT2D eigenvalue weighted by molar-refractivity contribution is 5.50. The first-order valence-corrected chi connectivity index (χ1v) is 6.80. The summed E-state index contributed by atoms with van der Waals surface area (Å²) < 4.78 is 0. The maximum atomic E-state index is 10.2. The van der Waals surface area contributed by atoms with Gasteiger partial charge in [-0.15, -0.1) is 0 Å². The molecule has 4 heteroatoms. The minimum absolute atomic E-state index is 0.0505. The molecule has 4 N–H and O–H groups in total. The Morgan fingerprint density at radius 3 is 1.33 bits per heavy atom. The maximum absolute atomic E-state index is 10.2. The van der Waals surface area contributed by atoms with Crippen LogP contribution in [0.2, 0.25) is 0 Å². The van der Waals surface area contributed by atoms with E-state index in [-0.39, 0.29) is 24.7 Å². The number of aliphatic hydroxyl groups is 2. The van der Waals surface area contributed by atoms with Crippen LogP contribution in [0.5, 0.6) is 11.5 Å². The number of benzene rings is 2. The second kappa shape index (κ2) is 6.16. The Kier molecular flexibility index (Phi) is 4.50. The van der Waals surface area contributed by atoms with E-state index in [0.717, 1.165) is 11.1 Å². The highest BCUT2D eigenvalue weighted by Gasteiger charge is 2.13. The predicted octanol–water partition coefficient (Wildman–Crippen LogP) is 2.29.